The van der Waals surface area contributed by atoms with Crippen molar-refractivity contribution in [2.75, 3.05) is 7.11 Å². The zero-order valence-electron chi connectivity index (χ0n) is 8.77. The molecule has 1 aromatic rings. The number of carbonyl (C=O) groups excluding carboxylic acids is 1. The van der Waals surface area contributed by atoms with Crippen molar-refractivity contribution in [3.8, 4) is 0 Å². The van der Waals surface area contributed by atoms with E-state index in [1.807, 2.05) is 42.5 Å². The zero-order valence-corrected chi connectivity index (χ0v) is 8.77. The van der Waals surface area contributed by atoms with E-state index in [-0.39, 0.29) is 5.97 Å². The van der Waals surface area contributed by atoms with E-state index in [1.54, 1.807) is 0 Å². The Morgan fingerprint density at radius 1 is 1.20 bits per heavy atom. The van der Waals surface area contributed by atoms with Crippen LogP contribution in [-0.4, -0.2) is 13.1 Å². The first-order valence-corrected chi connectivity index (χ1v) is 5.08. The molecule has 0 fully saturated rings. The number of benzene rings is 1. The van der Waals surface area contributed by atoms with Crippen LogP contribution in [0, 0.1) is 0 Å². The van der Waals surface area contributed by atoms with Crippen molar-refractivity contribution in [3.05, 3.63) is 48.0 Å². The molecule has 0 aromatic heterocycles. The number of ether oxygens (including phenoxy) is 1. The van der Waals surface area contributed by atoms with Crippen molar-refractivity contribution >= 4 is 5.97 Å². The van der Waals surface area contributed by atoms with Crippen LogP contribution in [0.1, 0.15) is 18.4 Å². The maximum absolute atomic E-state index is 11.9. The fourth-order valence-corrected chi connectivity index (χ4v) is 2.13. The van der Waals surface area contributed by atoms with Gasteiger partial charge in [-0.1, -0.05) is 42.5 Å². The van der Waals surface area contributed by atoms with Crippen molar-refractivity contribution in [1.82, 2.24) is 0 Å². The maximum Gasteiger partial charge on any atom is 0.316 e. The predicted molar refractivity (Wildman–Crippen MR) is 58.5 cm³/mol. The molecule has 0 aliphatic heterocycles. The quantitative estimate of drug-likeness (QED) is 0.544. The molecule has 2 rings (SSSR count). The largest absolute Gasteiger partial charge is 0.468 e. The van der Waals surface area contributed by atoms with E-state index in [1.165, 1.54) is 7.11 Å². The van der Waals surface area contributed by atoms with Gasteiger partial charge in [-0.05, 0) is 18.4 Å². The molecule has 0 N–H and O–H groups in total. The Bertz CT molecular complexity index is 371. The fraction of sp³-hybridized carbons (Fsp3) is 0.308. The molecule has 0 atom stereocenters. The number of carbonyl (C=O) groups is 1. The normalized spacial score (nSPS) is 17.7. The van der Waals surface area contributed by atoms with E-state index in [4.69, 9.17) is 4.74 Å². The molecule has 15 heavy (non-hydrogen) atoms. The lowest BCUT2D eigenvalue weighted by atomic mass is 9.78. The van der Waals surface area contributed by atoms with Gasteiger partial charge in [-0.15, -0.1) is 0 Å². The van der Waals surface area contributed by atoms with Gasteiger partial charge in [-0.3, -0.25) is 4.79 Å². The van der Waals surface area contributed by atoms with Gasteiger partial charge in [0.15, 0.2) is 0 Å². The van der Waals surface area contributed by atoms with Gasteiger partial charge in [-0.25, -0.2) is 0 Å². The van der Waals surface area contributed by atoms with Crippen LogP contribution in [0.4, 0.5) is 0 Å². The summed E-state index contributed by atoms with van der Waals surface area (Å²) in [5.74, 6) is -0.140. The van der Waals surface area contributed by atoms with Crippen molar-refractivity contribution < 1.29 is 9.53 Å². The number of hydrogen-bond donors (Lipinski definition) is 0. The molecule has 0 saturated carbocycles. The monoisotopic (exact) mass is 202 g/mol. The molecule has 0 unspecified atom stereocenters. The molecule has 78 valence electrons. The molecule has 2 heteroatoms. The van der Waals surface area contributed by atoms with Gasteiger partial charge in [-0.2, -0.15) is 0 Å². The van der Waals surface area contributed by atoms with E-state index < -0.39 is 5.41 Å². The SMILES string of the molecule is COC(=O)C1(c2ccccc2)CC=CC1. The first-order valence-electron chi connectivity index (χ1n) is 5.08. The second-order valence-corrected chi connectivity index (χ2v) is 3.82. The van der Waals surface area contributed by atoms with E-state index in [9.17, 15) is 4.79 Å². The lowest BCUT2D eigenvalue weighted by molar-refractivity contribution is -0.147. The Morgan fingerprint density at radius 3 is 2.33 bits per heavy atom. The molecule has 2 nitrogen and oxygen atoms in total. The molecule has 1 aliphatic rings. The van der Waals surface area contributed by atoms with Crippen molar-refractivity contribution in [2.45, 2.75) is 18.3 Å². The fourth-order valence-electron chi connectivity index (χ4n) is 2.13. The van der Waals surface area contributed by atoms with Crippen LogP contribution in [0.3, 0.4) is 0 Å². The van der Waals surface area contributed by atoms with Crippen LogP contribution in [0.2, 0.25) is 0 Å². The molecular weight excluding hydrogens is 188 g/mol. The third-order valence-electron chi connectivity index (χ3n) is 3.00. The number of methoxy groups -OCH3 is 1. The summed E-state index contributed by atoms with van der Waals surface area (Å²) in [5, 5.41) is 0. The molecule has 0 amide bonds. The Balaban J connectivity index is 2.40. The van der Waals surface area contributed by atoms with E-state index >= 15 is 0 Å². The molecule has 0 heterocycles. The average molecular weight is 202 g/mol. The smallest absolute Gasteiger partial charge is 0.316 e. The summed E-state index contributed by atoms with van der Waals surface area (Å²) < 4.78 is 4.91. The summed E-state index contributed by atoms with van der Waals surface area (Å²) in [4.78, 5) is 11.9. The van der Waals surface area contributed by atoms with E-state index in [0.29, 0.717) is 0 Å². The van der Waals surface area contributed by atoms with Gasteiger partial charge in [0.05, 0.1) is 12.5 Å². The number of esters is 1. The lowest BCUT2D eigenvalue weighted by Gasteiger charge is -2.26. The number of rotatable bonds is 2. The van der Waals surface area contributed by atoms with Crippen molar-refractivity contribution in [2.24, 2.45) is 0 Å². The second-order valence-electron chi connectivity index (χ2n) is 3.82. The lowest BCUT2D eigenvalue weighted by Crippen LogP contribution is -2.34. The Hall–Kier alpha value is -1.57. The van der Waals surface area contributed by atoms with Gasteiger partial charge in [0.1, 0.15) is 0 Å². The van der Waals surface area contributed by atoms with Crippen molar-refractivity contribution in [3.63, 3.8) is 0 Å². The van der Waals surface area contributed by atoms with Gasteiger partial charge < -0.3 is 4.74 Å². The van der Waals surface area contributed by atoms with E-state index in [0.717, 1.165) is 18.4 Å². The first-order chi connectivity index (χ1) is 7.29. The highest BCUT2D eigenvalue weighted by molar-refractivity contribution is 5.84. The Kier molecular flexibility index (Phi) is 2.58. The summed E-state index contributed by atoms with van der Waals surface area (Å²) in [7, 11) is 1.45. The third-order valence-corrected chi connectivity index (χ3v) is 3.00. The Morgan fingerprint density at radius 2 is 1.80 bits per heavy atom. The topological polar surface area (TPSA) is 26.3 Å². The van der Waals surface area contributed by atoms with Gasteiger partial charge in [0, 0.05) is 0 Å². The van der Waals surface area contributed by atoms with Crippen LogP contribution >= 0.6 is 0 Å². The molecule has 1 aliphatic carbocycles. The molecule has 0 radical (unpaired) electrons. The highest BCUT2D eigenvalue weighted by atomic mass is 16.5. The third kappa shape index (κ3) is 1.56. The molecule has 0 spiro atoms. The molecule has 0 bridgehead atoms. The number of hydrogen-bond acceptors (Lipinski definition) is 2. The molecule has 0 saturated heterocycles. The summed E-state index contributed by atoms with van der Waals surface area (Å²) >= 11 is 0. The standard InChI is InChI=1S/C13H14O2/c1-15-12(14)13(9-5-6-10-13)11-7-3-2-4-8-11/h2-8H,9-10H2,1H3. The Labute approximate surface area is 89.6 Å². The summed E-state index contributed by atoms with van der Waals surface area (Å²) in [6.07, 6.45) is 5.57. The van der Waals surface area contributed by atoms with Crippen LogP contribution in [-0.2, 0) is 14.9 Å². The summed E-state index contributed by atoms with van der Waals surface area (Å²) in [6, 6.07) is 9.85. The predicted octanol–water partition coefficient (Wildman–Crippen LogP) is 2.45. The minimum absolute atomic E-state index is 0.140. The highest BCUT2D eigenvalue weighted by Gasteiger charge is 2.41. The van der Waals surface area contributed by atoms with Gasteiger partial charge in [0.25, 0.3) is 0 Å². The summed E-state index contributed by atoms with van der Waals surface area (Å²) in [6.45, 7) is 0. The zero-order chi connectivity index (χ0) is 10.7. The highest BCUT2D eigenvalue weighted by Crippen LogP contribution is 2.37. The van der Waals surface area contributed by atoms with Crippen molar-refractivity contribution in [1.29, 1.82) is 0 Å². The van der Waals surface area contributed by atoms with Crippen LogP contribution in [0.25, 0.3) is 0 Å². The summed E-state index contributed by atoms with van der Waals surface area (Å²) in [5.41, 5.74) is 0.567. The average Bonchev–Trinajstić information content (AvgIpc) is 2.79. The minimum Gasteiger partial charge on any atom is -0.468 e. The van der Waals surface area contributed by atoms with E-state index in [2.05, 4.69) is 0 Å². The first kappa shape index (κ1) is 9.97. The van der Waals surface area contributed by atoms with Gasteiger partial charge >= 0.3 is 5.97 Å². The van der Waals surface area contributed by atoms with Crippen LogP contribution in [0.5, 0.6) is 0 Å². The minimum atomic E-state index is -0.476. The van der Waals surface area contributed by atoms with Gasteiger partial charge in [0.2, 0.25) is 0 Å². The number of allylic oxidation sites excluding steroid dienone is 2. The maximum atomic E-state index is 11.9. The second kappa shape index (κ2) is 3.89. The van der Waals surface area contributed by atoms with Crippen LogP contribution in [0.15, 0.2) is 42.5 Å². The molecule has 1 aromatic carbocycles. The van der Waals surface area contributed by atoms with Crippen LogP contribution < -0.4 is 0 Å². The molecular formula is C13H14O2.